The van der Waals surface area contributed by atoms with E-state index in [4.69, 9.17) is 15.5 Å². The second-order valence-corrected chi connectivity index (χ2v) is 8.96. The molecule has 0 radical (unpaired) electrons. The molecule has 0 saturated carbocycles. The van der Waals surface area contributed by atoms with Crippen LogP contribution in [0.2, 0.25) is 0 Å². The molecule has 2 aromatic heterocycles. The average molecular weight is 466 g/mol. The molecule has 0 fully saturated rings. The van der Waals surface area contributed by atoms with E-state index in [0.717, 1.165) is 26.8 Å². The second kappa shape index (κ2) is 9.37. The molecule has 0 unspecified atom stereocenters. The fourth-order valence-electron chi connectivity index (χ4n) is 3.10. The fourth-order valence-corrected chi connectivity index (χ4v) is 4.92. The minimum Gasteiger partial charge on any atom is -0.462 e. The molecule has 7 nitrogen and oxygen atoms in total. The molecule has 0 saturated heterocycles. The zero-order valence-corrected chi connectivity index (χ0v) is 19.6. The average Bonchev–Trinajstić information content (AvgIpc) is 3.41. The van der Waals surface area contributed by atoms with Crippen LogP contribution in [0.25, 0.3) is 21.1 Å². The van der Waals surface area contributed by atoms with Gasteiger partial charge in [-0.15, -0.1) is 11.3 Å². The van der Waals surface area contributed by atoms with Gasteiger partial charge in [0.2, 0.25) is 0 Å². The summed E-state index contributed by atoms with van der Waals surface area (Å²) in [7, 11) is 4.01. The molecule has 4 aromatic rings. The maximum Gasteiger partial charge on any atom is 0.338 e. The Labute approximate surface area is 194 Å². The summed E-state index contributed by atoms with van der Waals surface area (Å²) in [4.78, 5) is 24.4. The van der Waals surface area contributed by atoms with Crippen LogP contribution in [0.5, 0.6) is 0 Å². The molecule has 32 heavy (non-hydrogen) atoms. The number of aromatic nitrogens is 2. The van der Waals surface area contributed by atoms with Gasteiger partial charge in [-0.25, -0.2) is 14.8 Å². The Morgan fingerprint density at radius 3 is 2.59 bits per heavy atom. The van der Waals surface area contributed by atoms with Crippen molar-refractivity contribution in [2.24, 2.45) is 0 Å². The summed E-state index contributed by atoms with van der Waals surface area (Å²) < 4.78 is 5.18. The van der Waals surface area contributed by atoms with Gasteiger partial charge < -0.3 is 20.7 Å². The third kappa shape index (κ3) is 4.58. The van der Waals surface area contributed by atoms with Crippen molar-refractivity contribution < 1.29 is 9.53 Å². The third-order valence-corrected chi connectivity index (χ3v) is 6.67. The van der Waals surface area contributed by atoms with Crippen LogP contribution in [0.15, 0.2) is 53.9 Å². The van der Waals surface area contributed by atoms with Gasteiger partial charge in [0, 0.05) is 36.4 Å². The van der Waals surface area contributed by atoms with E-state index in [1.54, 1.807) is 13.0 Å². The predicted octanol–water partition coefficient (Wildman–Crippen LogP) is 5.50. The first-order chi connectivity index (χ1) is 15.5. The number of thiazole rings is 2. The Balaban J connectivity index is 1.58. The SMILES string of the molecule is CCOC(=O)c1ccccc1-c1csc(-c2sc(Nc3ccc(N(C)C)cc3)nc2N)n1. The van der Waals surface area contributed by atoms with Crippen LogP contribution in [0.4, 0.5) is 22.3 Å². The number of nitrogen functional groups attached to an aromatic ring is 1. The van der Waals surface area contributed by atoms with Crippen molar-refractivity contribution >= 4 is 51.0 Å². The normalized spacial score (nSPS) is 10.7. The molecule has 0 amide bonds. The first-order valence-corrected chi connectivity index (χ1v) is 11.7. The Kier molecular flexibility index (Phi) is 6.38. The molecule has 0 aliphatic carbocycles. The highest BCUT2D eigenvalue weighted by atomic mass is 32.1. The van der Waals surface area contributed by atoms with Gasteiger partial charge in [0.15, 0.2) is 5.13 Å². The maximum absolute atomic E-state index is 12.3. The number of ether oxygens (including phenoxy) is 1. The Bertz CT molecular complexity index is 1230. The molecule has 0 aliphatic heterocycles. The highest BCUT2D eigenvalue weighted by molar-refractivity contribution is 7.23. The van der Waals surface area contributed by atoms with Crippen molar-refractivity contribution in [2.75, 3.05) is 36.7 Å². The van der Waals surface area contributed by atoms with Crippen LogP contribution in [0.3, 0.4) is 0 Å². The summed E-state index contributed by atoms with van der Waals surface area (Å²) >= 11 is 2.91. The Morgan fingerprint density at radius 2 is 1.88 bits per heavy atom. The maximum atomic E-state index is 12.3. The van der Waals surface area contributed by atoms with Gasteiger partial charge in [-0.1, -0.05) is 29.5 Å². The first-order valence-electron chi connectivity index (χ1n) is 9.99. The van der Waals surface area contributed by atoms with Crippen molar-refractivity contribution in [3.05, 3.63) is 59.5 Å². The fraction of sp³-hybridized carbons (Fsp3) is 0.174. The third-order valence-electron chi connectivity index (χ3n) is 4.69. The summed E-state index contributed by atoms with van der Waals surface area (Å²) in [5, 5.41) is 6.67. The summed E-state index contributed by atoms with van der Waals surface area (Å²) in [5.41, 5.74) is 10.2. The minimum atomic E-state index is -0.360. The lowest BCUT2D eigenvalue weighted by Crippen LogP contribution is -2.08. The van der Waals surface area contributed by atoms with E-state index in [9.17, 15) is 4.79 Å². The summed E-state index contributed by atoms with van der Waals surface area (Å²) in [6.07, 6.45) is 0. The van der Waals surface area contributed by atoms with E-state index < -0.39 is 0 Å². The Morgan fingerprint density at radius 1 is 1.12 bits per heavy atom. The van der Waals surface area contributed by atoms with E-state index in [0.29, 0.717) is 28.8 Å². The number of nitrogens with one attached hydrogen (secondary N) is 1. The number of rotatable bonds is 7. The highest BCUT2D eigenvalue weighted by Crippen LogP contribution is 2.39. The van der Waals surface area contributed by atoms with Crippen molar-refractivity contribution in [1.82, 2.24) is 9.97 Å². The van der Waals surface area contributed by atoms with Crippen molar-refractivity contribution in [1.29, 1.82) is 0 Å². The molecular formula is C23H23N5O2S2. The number of hydrogen-bond donors (Lipinski definition) is 2. The van der Waals surface area contributed by atoms with E-state index in [1.807, 2.05) is 66.8 Å². The summed E-state index contributed by atoms with van der Waals surface area (Å²) in [5.74, 6) is 0.0590. The van der Waals surface area contributed by atoms with Gasteiger partial charge in [-0.05, 0) is 37.3 Å². The first kappa shape index (κ1) is 21.8. The van der Waals surface area contributed by atoms with Gasteiger partial charge in [-0.3, -0.25) is 0 Å². The smallest absolute Gasteiger partial charge is 0.338 e. The van der Waals surface area contributed by atoms with E-state index in [1.165, 1.54) is 22.7 Å². The van der Waals surface area contributed by atoms with Gasteiger partial charge in [0.25, 0.3) is 0 Å². The number of nitrogens with two attached hydrogens (primary N) is 1. The van der Waals surface area contributed by atoms with Crippen molar-refractivity contribution in [2.45, 2.75) is 6.92 Å². The van der Waals surface area contributed by atoms with Gasteiger partial charge in [0.05, 0.1) is 17.9 Å². The molecular weight excluding hydrogens is 442 g/mol. The largest absolute Gasteiger partial charge is 0.462 e. The summed E-state index contributed by atoms with van der Waals surface area (Å²) in [6.45, 7) is 2.11. The molecule has 0 aliphatic rings. The van der Waals surface area contributed by atoms with E-state index in [2.05, 4.69) is 10.3 Å². The van der Waals surface area contributed by atoms with Gasteiger partial charge in [0.1, 0.15) is 15.7 Å². The van der Waals surface area contributed by atoms with Crippen LogP contribution >= 0.6 is 22.7 Å². The van der Waals surface area contributed by atoms with Gasteiger partial charge >= 0.3 is 5.97 Å². The molecule has 2 heterocycles. The van der Waals surface area contributed by atoms with E-state index >= 15 is 0 Å². The van der Waals surface area contributed by atoms with Crippen LogP contribution in [-0.4, -0.2) is 36.6 Å². The number of carbonyl (C=O) groups excluding carboxylic acids is 1. The van der Waals surface area contributed by atoms with Crippen LogP contribution < -0.4 is 16.0 Å². The molecule has 2 aromatic carbocycles. The quantitative estimate of drug-likeness (QED) is 0.348. The molecule has 0 atom stereocenters. The van der Waals surface area contributed by atoms with Crippen molar-refractivity contribution in [3.63, 3.8) is 0 Å². The predicted molar refractivity (Wildman–Crippen MR) is 133 cm³/mol. The van der Waals surface area contributed by atoms with Crippen LogP contribution in [0.1, 0.15) is 17.3 Å². The zero-order valence-electron chi connectivity index (χ0n) is 18.0. The molecule has 3 N–H and O–H groups in total. The van der Waals surface area contributed by atoms with Gasteiger partial charge in [-0.2, -0.15) is 0 Å². The van der Waals surface area contributed by atoms with Crippen LogP contribution in [-0.2, 0) is 4.74 Å². The molecule has 0 spiro atoms. The number of nitrogens with zero attached hydrogens (tertiary/aromatic N) is 3. The Hall–Kier alpha value is -3.43. The summed E-state index contributed by atoms with van der Waals surface area (Å²) in [6, 6.07) is 15.4. The second-order valence-electron chi connectivity index (χ2n) is 7.10. The molecule has 164 valence electrons. The highest BCUT2D eigenvalue weighted by Gasteiger charge is 2.19. The lowest BCUT2D eigenvalue weighted by atomic mass is 10.1. The number of hydrogen-bond acceptors (Lipinski definition) is 9. The topological polar surface area (TPSA) is 93.4 Å². The van der Waals surface area contributed by atoms with Crippen molar-refractivity contribution in [3.8, 4) is 21.1 Å². The minimum absolute atomic E-state index is 0.320. The number of benzene rings is 2. The monoisotopic (exact) mass is 465 g/mol. The zero-order chi connectivity index (χ0) is 22.7. The standard InChI is InChI=1S/C23H23N5O2S2/c1-4-30-22(29)17-8-6-5-7-16(17)18-13-31-21(26-18)19-20(24)27-23(32-19)25-14-9-11-15(12-10-14)28(2)3/h5-13H,4,24H2,1-3H3,(H,25,27). The molecule has 4 rings (SSSR count). The molecule has 0 bridgehead atoms. The molecule has 9 heteroatoms. The van der Waals surface area contributed by atoms with E-state index in [-0.39, 0.29) is 5.97 Å². The van der Waals surface area contributed by atoms with Crippen LogP contribution in [0, 0.1) is 0 Å². The number of carbonyl (C=O) groups is 1. The number of esters is 1. The lowest BCUT2D eigenvalue weighted by molar-refractivity contribution is 0.0527. The lowest BCUT2D eigenvalue weighted by Gasteiger charge is -2.12. The number of anilines is 4.